The molecular weight excluding hydrogens is 212 g/mol. The summed E-state index contributed by atoms with van der Waals surface area (Å²) in [7, 11) is 3.04. The number of benzene rings is 1. The number of aromatic carboxylic acids is 1. The second-order valence-electron chi connectivity index (χ2n) is 3.01. The molecule has 0 bridgehead atoms. The molecule has 1 aromatic carbocycles. The molecule has 0 aliphatic carbocycles. The number of carboxylic acid groups (broad SMARTS) is 1. The van der Waals surface area contributed by atoms with Crippen molar-refractivity contribution in [3.8, 4) is 11.5 Å². The average molecular weight is 226 g/mol. The van der Waals surface area contributed by atoms with Gasteiger partial charge in [0, 0.05) is 7.11 Å². The van der Waals surface area contributed by atoms with Crippen LogP contribution in [-0.4, -0.2) is 38.5 Å². The van der Waals surface area contributed by atoms with Crippen molar-refractivity contribution >= 4 is 5.97 Å². The van der Waals surface area contributed by atoms with Crippen LogP contribution < -0.4 is 9.47 Å². The van der Waals surface area contributed by atoms with Gasteiger partial charge in [0.05, 0.1) is 19.3 Å². The van der Waals surface area contributed by atoms with E-state index in [1.807, 2.05) is 0 Å². The third kappa shape index (κ3) is 3.13. The average Bonchev–Trinajstić information content (AvgIpc) is 2.29. The van der Waals surface area contributed by atoms with Crippen LogP contribution >= 0.6 is 0 Å². The molecule has 0 heterocycles. The minimum atomic E-state index is -0.998. The van der Waals surface area contributed by atoms with E-state index in [0.717, 1.165) is 0 Å². The molecule has 0 unspecified atom stereocenters. The van der Waals surface area contributed by atoms with Gasteiger partial charge in [-0.05, 0) is 18.2 Å². The van der Waals surface area contributed by atoms with Gasteiger partial charge in [-0.15, -0.1) is 0 Å². The van der Waals surface area contributed by atoms with Crippen molar-refractivity contribution in [2.75, 3.05) is 27.4 Å². The van der Waals surface area contributed by atoms with Crippen molar-refractivity contribution in [1.82, 2.24) is 0 Å². The number of carbonyl (C=O) groups is 1. The Morgan fingerprint density at radius 2 is 2.00 bits per heavy atom. The topological polar surface area (TPSA) is 65.0 Å². The second kappa shape index (κ2) is 5.97. The van der Waals surface area contributed by atoms with Crippen molar-refractivity contribution in [3.63, 3.8) is 0 Å². The molecular formula is C11H14O5. The predicted molar refractivity (Wildman–Crippen MR) is 57.3 cm³/mol. The molecule has 5 nitrogen and oxygen atoms in total. The summed E-state index contributed by atoms with van der Waals surface area (Å²) >= 11 is 0. The van der Waals surface area contributed by atoms with Gasteiger partial charge in [-0.2, -0.15) is 0 Å². The zero-order valence-corrected chi connectivity index (χ0v) is 9.23. The van der Waals surface area contributed by atoms with Crippen LogP contribution in [0.25, 0.3) is 0 Å². The van der Waals surface area contributed by atoms with Crippen molar-refractivity contribution in [2.45, 2.75) is 0 Å². The Morgan fingerprint density at radius 1 is 1.25 bits per heavy atom. The van der Waals surface area contributed by atoms with Gasteiger partial charge in [-0.25, -0.2) is 4.79 Å². The van der Waals surface area contributed by atoms with Crippen LogP contribution in [0.2, 0.25) is 0 Å². The van der Waals surface area contributed by atoms with Gasteiger partial charge in [0.25, 0.3) is 0 Å². The highest BCUT2D eigenvalue weighted by Crippen LogP contribution is 2.27. The molecule has 1 rings (SSSR count). The van der Waals surface area contributed by atoms with E-state index in [1.54, 1.807) is 13.2 Å². The van der Waals surface area contributed by atoms with E-state index in [0.29, 0.717) is 24.7 Å². The lowest BCUT2D eigenvalue weighted by atomic mass is 10.2. The lowest BCUT2D eigenvalue weighted by Gasteiger charge is -2.10. The summed E-state index contributed by atoms with van der Waals surface area (Å²) in [5.74, 6) is -0.0951. The molecule has 0 aliphatic rings. The SMILES string of the molecule is COCCOc1ccc(C(=O)O)cc1OC. The highest BCUT2D eigenvalue weighted by molar-refractivity contribution is 5.88. The molecule has 1 N–H and O–H groups in total. The lowest BCUT2D eigenvalue weighted by molar-refractivity contribution is 0.0696. The third-order valence-corrected chi connectivity index (χ3v) is 1.96. The van der Waals surface area contributed by atoms with Crippen LogP contribution in [0.1, 0.15) is 10.4 Å². The van der Waals surface area contributed by atoms with Gasteiger partial charge >= 0.3 is 5.97 Å². The van der Waals surface area contributed by atoms with Crippen LogP contribution in [0.5, 0.6) is 11.5 Å². The van der Waals surface area contributed by atoms with Gasteiger partial charge < -0.3 is 19.3 Å². The van der Waals surface area contributed by atoms with E-state index in [-0.39, 0.29) is 5.56 Å². The van der Waals surface area contributed by atoms with Crippen LogP contribution in [0, 0.1) is 0 Å². The number of carboxylic acids is 1. The first-order valence-corrected chi connectivity index (χ1v) is 4.72. The van der Waals surface area contributed by atoms with Gasteiger partial charge in [-0.1, -0.05) is 0 Å². The summed E-state index contributed by atoms with van der Waals surface area (Å²) in [6, 6.07) is 4.45. The van der Waals surface area contributed by atoms with Gasteiger partial charge in [0.15, 0.2) is 11.5 Å². The highest BCUT2D eigenvalue weighted by Gasteiger charge is 2.09. The van der Waals surface area contributed by atoms with Crippen LogP contribution in [0.3, 0.4) is 0 Å². The molecule has 0 radical (unpaired) electrons. The summed E-state index contributed by atoms with van der Waals surface area (Å²) in [6.45, 7) is 0.850. The smallest absolute Gasteiger partial charge is 0.335 e. The molecule has 0 atom stereocenters. The minimum Gasteiger partial charge on any atom is -0.493 e. The highest BCUT2D eigenvalue weighted by atomic mass is 16.5. The first-order valence-electron chi connectivity index (χ1n) is 4.72. The first kappa shape index (κ1) is 12.3. The number of hydrogen-bond donors (Lipinski definition) is 1. The normalized spacial score (nSPS) is 9.88. The Bertz CT molecular complexity index is 361. The fourth-order valence-electron chi connectivity index (χ4n) is 1.15. The van der Waals surface area contributed by atoms with Crippen LogP contribution in [0.15, 0.2) is 18.2 Å². The molecule has 16 heavy (non-hydrogen) atoms. The number of ether oxygens (including phenoxy) is 3. The molecule has 1 aromatic rings. The Balaban J connectivity index is 2.80. The summed E-state index contributed by atoms with van der Waals surface area (Å²) < 4.78 is 15.2. The van der Waals surface area contributed by atoms with Crippen LogP contribution in [0.4, 0.5) is 0 Å². The molecule has 0 aliphatic heterocycles. The lowest BCUT2D eigenvalue weighted by Crippen LogP contribution is -2.06. The monoisotopic (exact) mass is 226 g/mol. The summed E-state index contributed by atoms with van der Waals surface area (Å²) in [5, 5.41) is 8.79. The van der Waals surface area contributed by atoms with Gasteiger partial charge in [0.2, 0.25) is 0 Å². The first-order chi connectivity index (χ1) is 7.69. The van der Waals surface area contributed by atoms with E-state index in [1.165, 1.54) is 19.2 Å². The maximum absolute atomic E-state index is 10.7. The molecule has 0 aromatic heterocycles. The molecule has 0 spiro atoms. The summed E-state index contributed by atoms with van der Waals surface area (Å²) in [4.78, 5) is 10.7. The molecule has 0 saturated carbocycles. The largest absolute Gasteiger partial charge is 0.493 e. The van der Waals surface area contributed by atoms with Gasteiger partial charge in [-0.3, -0.25) is 0 Å². The predicted octanol–water partition coefficient (Wildman–Crippen LogP) is 1.42. The Morgan fingerprint density at radius 3 is 2.56 bits per heavy atom. The zero-order valence-electron chi connectivity index (χ0n) is 9.23. The van der Waals surface area contributed by atoms with Crippen LogP contribution in [-0.2, 0) is 4.74 Å². The molecule has 0 saturated heterocycles. The van der Waals surface area contributed by atoms with Crippen molar-refractivity contribution < 1.29 is 24.1 Å². The van der Waals surface area contributed by atoms with Gasteiger partial charge in [0.1, 0.15) is 6.61 Å². The maximum atomic E-state index is 10.7. The van der Waals surface area contributed by atoms with E-state index in [4.69, 9.17) is 19.3 Å². The molecule has 5 heteroatoms. The Labute approximate surface area is 93.6 Å². The van der Waals surface area contributed by atoms with E-state index in [2.05, 4.69) is 0 Å². The molecule has 88 valence electrons. The standard InChI is InChI=1S/C11H14O5/c1-14-5-6-16-9-4-3-8(11(12)13)7-10(9)15-2/h3-4,7H,5-6H2,1-2H3,(H,12,13). The quantitative estimate of drug-likeness (QED) is 0.743. The molecule has 0 fully saturated rings. The van der Waals surface area contributed by atoms with Crippen molar-refractivity contribution in [3.05, 3.63) is 23.8 Å². The summed E-state index contributed by atoms with van der Waals surface area (Å²) in [6.07, 6.45) is 0. The molecule has 0 amide bonds. The number of rotatable bonds is 6. The van der Waals surface area contributed by atoms with E-state index < -0.39 is 5.97 Å². The van der Waals surface area contributed by atoms with E-state index in [9.17, 15) is 4.79 Å². The number of methoxy groups -OCH3 is 2. The number of hydrogen-bond acceptors (Lipinski definition) is 4. The van der Waals surface area contributed by atoms with Crippen molar-refractivity contribution in [2.24, 2.45) is 0 Å². The van der Waals surface area contributed by atoms with Crippen molar-refractivity contribution in [1.29, 1.82) is 0 Å². The summed E-state index contributed by atoms with van der Waals surface area (Å²) in [5.41, 5.74) is 0.163. The Kier molecular flexibility index (Phi) is 4.60. The zero-order chi connectivity index (χ0) is 12.0. The fourth-order valence-corrected chi connectivity index (χ4v) is 1.15. The fraction of sp³-hybridized carbons (Fsp3) is 0.364. The minimum absolute atomic E-state index is 0.163. The second-order valence-corrected chi connectivity index (χ2v) is 3.01. The Hall–Kier alpha value is -1.75. The van der Waals surface area contributed by atoms with E-state index >= 15 is 0 Å². The third-order valence-electron chi connectivity index (χ3n) is 1.96. The maximum Gasteiger partial charge on any atom is 0.335 e.